The fourth-order valence-electron chi connectivity index (χ4n) is 12.3. The smallest absolute Gasteiger partial charge is 0.408 e. The van der Waals surface area contributed by atoms with Gasteiger partial charge in [0, 0.05) is 44.1 Å². The van der Waals surface area contributed by atoms with E-state index in [1.807, 2.05) is 30.3 Å². The average molecular weight is 1080 g/mol. The van der Waals surface area contributed by atoms with Crippen LogP contribution in [0.3, 0.4) is 0 Å². The number of hydrogen-bond donors (Lipinski definition) is 3. The van der Waals surface area contributed by atoms with E-state index < -0.39 is 130 Å². The second-order valence-corrected chi connectivity index (χ2v) is 22.6. The second kappa shape index (κ2) is 22.7. The van der Waals surface area contributed by atoms with Crippen LogP contribution in [0.25, 0.3) is 0 Å². The summed E-state index contributed by atoms with van der Waals surface area (Å²) in [6.45, 7) is 12.2. The van der Waals surface area contributed by atoms with Gasteiger partial charge in [0.05, 0.1) is 18.1 Å². The van der Waals surface area contributed by atoms with Crippen molar-refractivity contribution in [2.45, 2.75) is 160 Å². The van der Waals surface area contributed by atoms with Crippen molar-refractivity contribution in [2.24, 2.45) is 22.7 Å². The molecule has 19 nitrogen and oxygen atoms in total. The molecule has 3 aromatic carbocycles. The van der Waals surface area contributed by atoms with Gasteiger partial charge in [0.1, 0.15) is 42.2 Å². The van der Waals surface area contributed by atoms with Gasteiger partial charge in [-0.25, -0.2) is 19.2 Å². The van der Waals surface area contributed by atoms with Crippen LogP contribution >= 0.6 is 0 Å². The van der Waals surface area contributed by atoms with E-state index in [2.05, 4.69) is 10.6 Å². The maximum atomic E-state index is 15.8. The van der Waals surface area contributed by atoms with Crippen molar-refractivity contribution in [3.8, 4) is 0 Å². The topological polar surface area (TPSA) is 255 Å². The van der Waals surface area contributed by atoms with Gasteiger partial charge in [0.2, 0.25) is 6.10 Å². The molecule has 2 bridgehead atoms. The molecule has 11 atom stereocenters. The van der Waals surface area contributed by atoms with Gasteiger partial charge >= 0.3 is 42.0 Å². The third-order valence-electron chi connectivity index (χ3n) is 16.0. The number of unbranched alkanes of at least 4 members (excludes halogenated alkanes) is 2. The molecule has 1 saturated heterocycles. The number of esters is 5. The van der Waals surface area contributed by atoms with Gasteiger partial charge in [-0.3, -0.25) is 19.2 Å². The Bertz CT molecular complexity index is 2800. The number of aliphatic hydroxyl groups is 1. The highest BCUT2D eigenvalue weighted by molar-refractivity contribution is 5.98. The molecular formula is C59H70N2O17. The maximum Gasteiger partial charge on any atom is 0.408 e. The highest BCUT2D eigenvalue weighted by Crippen LogP contribution is 2.74. The molecule has 0 radical (unpaired) electrons. The van der Waals surface area contributed by atoms with Crippen LogP contribution in [0.4, 0.5) is 9.59 Å². The van der Waals surface area contributed by atoms with Crippen LogP contribution in [-0.4, -0.2) is 113 Å². The third kappa shape index (κ3) is 11.5. The van der Waals surface area contributed by atoms with E-state index in [4.69, 9.17) is 37.9 Å². The minimum atomic E-state index is -2.33. The SMILES string of the molecule is CC(=O)O[C@H]1C(=O)[C@]23C[C@H]2C[C@H]2OC[C@@]2(OC(C)=O)[C@H]3[C@H](OC(=O)c2ccccc2)[C@]2(O)C[C@H](OC(=O)[C@H](OC(=O)CCCCCNC(=O)OCc3ccccc3)[C@@H](NC(=O)OC(C)(C)C)c3ccccc3)C(C)=C1C2(C)C. The number of Topliss-reactive ketones (excluding diaryl/α,β-unsaturated/α-hetero) is 1. The van der Waals surface area contributed by atoms with E-state index in [9.17, 15) is 33.9 Å². The Hall–Kier alpha value is -7.12. The highest BCUT2D eigenvalue weighted by atomic mass is 16.6. The molecule has 4 fully saturated rings. The standard InChI is InChI=1S/C59H70N2O17/c1-34-41(74-52(67)47(45(38-23-15-10-16-24-38)61-54(69)78-55(4,5)6)75-43(64)27-19-12-20-28-60-53(68)71-32-37-21-13-9-14-22-37)31-59(70)50(76-51(66)39-25-17-11-18-26-39)48-57(49(65)46(73-35(2)62)44(34)56(59,7)8)30-40(57)29-42-58(48,33-72-42)77-36(3)63/h9-11,13-18,21-26,40-42,45-48,50,70H,12,19-20,27-33H2,1-8H3,(H,60,68)(H,61,69)/t40-,41+,42-,45+,46-,47-,48+,50+,57-,58+,59-/m1/s1. The lowest BCUT2D eigenvalue weighted by atomic mass is 9.48. The predicted octanol–water partition coefficient (Wildman–Crippen LogP) is 7.51. The molecule has 4 aliphatic carbocycles. The number of nitrogens with one attached hydrogen (secondary N) is 2. The van der Waals surface area contributed by atoms with Crippen LogP contribution < -0.4 is 10.6 Å². The number of alkyl carbamates (subject to hydrolysis) is 2. The Kier molecular flexibility index (Phi) is 16.6. The van der Waals surface area contributed by atoms with Crippen molar-refractivity contribution in [3.05, 3.63) is 119 Å². The molecule has 418 valence electrons. The molecule has 1 heterocycles. The number of hydrogen-bond acceptors (Lipinski definition) is 17. The first-order chi connectivity index (χ1) is 36.9. The number of ketones is 1. The molecule has 0 unspecified atom stereocenters. The van der Waals surface area contributed by atoms with Gasteiger partial charge in [-0.15, -0.1) is 0 Å². The summed E-state index contributed by atoms with van der Waals surface area (Å²) in [7, 11) is 0. The monoisotopic (exact) mass is 1080 g/mol. The van der Waals surface area contributed by atoms with Crippen LogP contribution in [0.1, 0.15) is 128 Å². The Morgan fingerprint density at radius 1 is 0.808 bits per heavy atom. The van der Waals surface area contributed by atoms with E-state index in [1.165, 1.54) is 19.1 Å². The first-order valence-electron chi connectivity index (χ1n) is 26.5. The first-order valence-corrected chi connectivity index (χ1v) is 26.5. The fraction of sp³-hybridized carbons (Fsp3) is 0.525. The van der Waals surface area contributed by atoms with Crippen LogP contribution in [0.15, 0.2) is 102 Å². The van der Waals surface area contributed by atoms with Crippen LogP contribution in [-0.2, 0) is 68.5 Å². The zero-order chi connectivity index (χ0) is 56.4. The van der Waals surface area contributed by atoms with E-state index in [1.54, 1.807) is 90.1 Å². The van der Waals surface area contributed by atoms with Gasteiger partial charge in [-0.2, -0.15) is 0 Å². The van der Waals surface area contributed by atoms with Crippen molar-refractivity contribution in [1.29, 1.82) is 0 Å². The van der Waals surface area contributed by atoms with Gasteiger partial charge in [-0.1, -0.05) is 99.1 Å². The van der Waals surface area contributed by atoms with Crippen molar-refractivity contribution < 1.29 is 81.4 Å². The largest absolute Gasteiger partial charge is 0.455 e. The quantitative estimate of drug-likeness (QED) is 0.0482. The van der Waals surface area contributed by atoms with Crippen molar-refractivity contribution in [1.82, 2.24) is 10.6 Å². The minimum absolute atomic E-state index is 0.0842. The van der Waals surface area contributed by atoms with Gasteiger partial charge in [0.15, 0.2) is 17.5 Å². The first kappa shape index (κ1) is 57.1. The molecule has 1 spiro atoms. The summed E-state index contributed by atoms with van der Waals surface area (Å²) >= 11 is 0. The Balaban J connectivity index is 1.15. The number of carbonyl (C=O) groups excluding carboxylic acids is 8. The number of benzene rings is 3. The molecule has 3 aromatic rings. The molecule has 8 rings (SSSR count). The summed E-state index contributed by atoms with van der Waals surface area (Å²) in [6.07, 6.45) is -8.16. The van der Waals surface area contributed by atoms with Crippen molar-refractivity contribution in [2.75, 3.05) is 13.2 Å². The number of fused-ring (bicyclic) bond motifs is 4. The molecule has 0 aromatic heterocycles. The van der Waals surface area contributed by atoms with E-state index >= 15 is 9.59 Å². The summed E-state index contributed by atoms with van der Waals surface area (Å²) in [5, 5.41) is 19.4. The van der Waals surface area contributed by atoms with Crippen molar-refractivity contribution >= 4 is 47.8 Å². The second-order valence-electron chi connectivity index (χ2n) is 22.6. The number of carbonyl (C=O) groups is 8. The van der Waals surface area contributed by atoms with Crippen LogP contribution in [0, 0.1) is 22.7 Å². The number of amides is 2. The van der Waals surface area contributed by atoms with E-state index in [-0.39, 0.29) is 62.2 Å². The van der Waals surface area contributed by atoms with Crippen LogP contribution in [0.2, 0.25) is 0 Å². The van der Waals surface area contributed by atoms with Crippen LogP contribution in [0.5, 0.6) is 0 Å². The lowest BCUT2D eigenvalue weighted by Crippen LogP contribution is -2.78. The molecule has 3 saturated carbocycles. The van der Waals surface area contributed by atoms with E-state index in [0.29, 0.717) is 18.4 Å². The molecule has 3 N–H and O–H groups in total. The summed E-state index contributed by atoms with van der Waals surface area (Å²) in [6, 6.07) is 24.0. The van der Waals surface area contributed by atoms with Crippen molar-refractivity contribution in [3.63, 3.8) is 0 Å². The molecule has 1 aliphatic heterocycles. The molecule has 78 heavy (non-hydrogen) atoms. The lowest BCUT2D eigenvalue weighted by Gasteiger charge is -2.64. The lowest BCUT2D eigenvalue weighted by molar-refractivity contribution is -0.323. The van der Waals surface area contributed by atoms with Gasteiger partial charge in [-0.05, 0) is 93.7 Å². The summed E-state index contributed by atoms with van der Waals surface area (Å²) in [4.78, 5) is 112. The summed E-state index contributed by atoms with van der Waals surface area (Å²) in [5.41, 5.74) is -6.49. The molecule has 5 aliphatic rings. The molecule has 2 amide bonds. The Morgan fingerprint density at radius 2 is 1.46 bits per heavy atom. The third-order valence-corrected chi connectivity index (χ3v) is 16.0. The zero-order valence-electron chi connectivity index (χ0n) is 45.3. The normalized spacial score (nSPS) is 28.1. The van der Waals surface area contributed by atoms with Gasteiger partial charge in [0.25, 0.3) is 0 Å². The average Bonchev–Trinajstić information content (AvgIpc) is 4.27. The number of rotatable bonds is 18. The van der Waals surface area contributed by atoms with E-state index in [0.717, 1.165) is 12.5 Å². The molecular weight excluding hydrogens is 1010 g/mol. The minimum Gasteiger partial charge on any atom is -0.455 e. The Morgan fingerprint density at radius 3 is 2.08 bits per heavy atom. The summed E-state index contributed by atoms with van der Waals surface area (Å²) in [5.74, 6) is -6.71. The zero-order valence-corrected chi connectivity index (χ0v) is 45.3. The highest BCUT2D eigenvalue weighted by Gasteiger charge is 2.84. The van der Waals surface area contributed by atoms with Gasteiger partial charge < -0.3 is 53.6 Å². The predicted molar refractivity (Wildman–Crippen MR) is 277 cm³/mol. The Labute approximate surface area is 453 Å². The summed E-state index contributed by atoms with van der Waals surface area (Å²) < 4.78 is 48.3. The molecule has 19 heteroatoms. The maximum absolute atomic E-state index is 15.8. The fourth-order valence-corrected chi connectivity index (χ4v) is 12.3. The number of ether oxygens (including phenoxy) is 8.